The van der Waals surface area contributed by atoms with Crippen molar-refractivity contribution in [2.75, 3.05) is 0 Å². The molecule has 3 N–H and O–H groups in total. The predicted molar refractivity (Wildman–Crippen MR) is 84.9 cm³/mol. The second-order valence-corrected chi connectivity index (χ2v) is 5.23. The van der Waals surface area contributed by atoms with Crippen LogP contribution in [0, 0.1) is 5.82 Å². The van der Waals surface area contributed by atoms with Gasteiger partial charge in [0.1, 0.15) is 4.99 Å². The Morgan fingerprint density at radius 3 is 2.52 bits per heavy atom. The molecule has 0 heterocycles. The molecule has 0 fully saturated rings. The topological polar surface area (TPSA) is 64.3 Å². The van der Waals surface area contributed by atoms with Crippen LogP contribution in [0.4, 0.5) is 4.39 Å². The Morgan fingerprint density at radius 1 is 1.43 bits per heavy atom. The summed E-state index contributed by atoms with van der Waals surface area (Å²) >= 11 is 4.77. The van der Waals surface area contributed by atoms with Crippen LogP contribution in [-0.2, 0) is 4.79 Å². The summed E-state index contributed by atoms with van der Waals surface area (Å²) in [7, 11) is 0. The lowest BCUT2D eigenvalue weighted by Crippen LogP contribution is -2.42. The zero-order valence-electron chi connectivity index (χ0n) is 12.5. The first-order valence-corrected chi connectivity index (χ1v) is 7.36. The van der Waals surface area contributed by atoms with Gasteiger partial charge in [-0.1, -0.05) is 26.1 Å². The van der Waals surface area contributed by atoms with Gasteiger partial charge in [0.15, 0.2) is 17.7 Å². The molecule has 0 aliphatic heterocycles. The minimum atomic E-state index is -0.782. The lowest BCUT2D eigenvalue weighted by atomic mass is 10.1. The third-order valence-corrected chi connectivity index (χ3v) is 3.46. The van der Waals surface area contributed by atoms with Crippen LogP contribution in [-0.4, -0.2) is 23.0 Å². The second kappa shape index (κ2) is 7.93. The molecule has 0 aromatic heterocycles. The number of ether oxygens (including phenoxy) is 1. The van der Waals surface area contributed by atoms with Crippen LogP contribution in [0.5, 0.6) is 5.75 Å². The Kier molecular flexibility index (Phi) is 6.55. The maximum absolute atomic E-state index is 13.9. The first-order valence-electron chi connectivity index (χ1n) is 6.95. The fraction of sp³-hybridized carbons (Fsp3) is 0.467. The lowest BCUT2D eigenvalue weighted by Gasteiger charge is -2.19. The molecule has 0 saturated heterocycles. The van der Waals surface area contributed by atoms with Crippen LogP contribution in [0.25, 0.3) is 0 Å². The number of benzene rings is 1. The van der Waals surface area contributed by atoms with Crippen molar-refractivity contribution in [3.8, 4) is 5.75 Å². The van der Waals surface area contributed by atoms with Crippen molar-refractivity contribution in [1.29, 1.82) is 0 Å². The molecule has 0 aliphatic carbocycles. The molecule has 4 nitrogen and oxygen atoms in total. The standard InChI is InChI=1S/C15H21FN2O2S/c1-4-11(5-2)18-15(19)9(3)20-13-7-6-10(14(17)21)8-12(13)16/h6-9,11H,4-5H2,1-3H3,(H2,17,21)(H,18,19). The van der Waals surface area contributed by atoms with E-state index in [4.69, 9.17) is 22.7 Å². The summed E-state index contributed by atoms with van der Waals surface area (Å²) in [4.78, 5) is 12.1. The van der Waals surface area contributed by atoms with E-state index in [1.165, 1.54) is 12.1 Å². The van der Waals surface area contributed by atoms with E-state index < -0.39 is 11.9 Å². The normalized spacial score (nSPS) is 12.0. The van der Waals surface area contributed by atoms with Gasteiger partial charge in [0.05, 0.1) is 0 Å². The van der Waals surface area contributed by atoms with E-state index in [0.29, 0.717) is 5.56 Å². The highest BCUT2D eigenvalue weighted by Crippen LogP contribution is 2.19. The number of hydrogen-bond acceptors (Lipinski definition) is 3. The molecule has 21 heavy (non-hydrogen) atoms. The van der Waals surface area contributed by atoms with Crippen LogP contribution in [0.1, 0.15) is 39.2 Å². The molecule has 1 rings (SSSR count). The highest BCUT2D eigenvalue weighted by atomic mass is 32.1. The number of nitrogens with one attached hydrogen (secondary N) is 1. The van der Waals surface area contributed by atoms with E-state index in [2.05, 4.69) is 5.32 Å². The molecule has 0 spiro atoms. The summed E-state index contributed by atoms with van der Waals surface area (Å²) in [6.07, 6.45) is 0.897. The molecule has 116 valence electrons. The van der Waals surface area contributed by atoms with Crippen molar-refractivity contribution in [2.45, 2.75) is 45.8 Å². The summed E-state index contributed by atoms with van der Waals surface area (Å²) in [6, 6.07) is 4.28. The molecule has 6 heteroatoms. The van der Waals surface area contributed by atoms with Gasteiger partial charge in [0.2, 0.25) is 0 Å². The molecule has 1 aromatic carbocycles. The summed E-state index contributed by atoms with van der Waals surface area (Å²) in [5.74, 6) is -0.855. The Hall–Kier alpha value is -1.69. The number of carbonyl (C=O) groups excluding carboxylic acids is 1. The van der Waals surface area contributed by atoms with E-state index in [1.54, 1.807) is 13.0 Å². The number of carbonyl (C=O) groups is 1. The molecule has 1 amide bonds. The third kappa shape index (κ3) is 4.97. The average molecular weight is 312 g/mol. The van der Waals surface area contributed by atoms with Crippen molar-refractivity contribution in [1.82, 2.24) is 5.32 Å². The van der Waals surface area contributed by atoms with Gasteiger partial charge in [-0.2, -0.15) is 0 Å². The van der Waals surface area contributed by atoms with Crippen LogP contribution >= 0.6 is 12.2 Å². The molecule has 0 saturated carbocycles. The summed E-state index contributed by atoms with van der Waals surface area (Å²) in [5.41, 5.74) is 5.85. The Bertz CT molecular complexity index is 518. The predicted octanol–water partition coefficient (Wildman–Crippen LogP) is 2.53. The highest BCUT2D eigenvalue weighted by Gasteiger charge is 2.19. The van der Waals surface area contributed by atoms with Crippen molar-refractivity contribution in [3.63, 3.8) is 0 Å². The maximum Gasteiger partial charge on any atom is 0.260 e. The van der Waals surface area contributed by atoms with E-state index in [9.17, 15) is 9.18 Å². The van der Waals surface area contributed by atoms with Gasteiger partial charge >= 0.3 is 0 Å². The number of nitrogens with two attached hydrogens (primary N) is 1. The fourth-order valence-corrected chi connectivity index (χ4v) is 1.93. The van der Waals surface area contributed by atoms with Crippen molar-refractivity contribution in [3.05, 3.63) is 29.6 Å². The van der Waals surface area contributed by atoms with E-state index >= 15 is 0 Å². The van der Waals surface area contributed by atoms with Gasteiger partial charge in [0.25, 0.3) is 5.91 Å². The van der Waals surface area contributed by atoms with Crippen molar-refractivity contribution >= 4 is 23.1 Å². The Balaban J connectivity index is 2.72. The average Bonchev–Trinajstić information content (AvgIpc) is 2.46. The Morgan fingerprint density at radius 2 is 2.05 bits per heavy atom. The fourth-order valence-electron chi connectivity index (χ4n) is 1.80. The van der Waals surface area contributed by atoms with E-state index in [-0.39, 0.29) is 22.7 Å². The number of halogens is 1. The van der Waals surface area contributed by atoms with Crippen LogP contribution in [0.2, 0.25) is 0 Å². The quantitative estimate of drug-likeness (QED) is 0.759. The smallest absolute Gasteiger partial charge is 0.260 e. The van der Waals surface area contributed by atoms with Gasteiger partial charge in [-0.05, 0) is 38.0 Å². The first-order chi connectivity index (χ1) is 9.88. The molecule has 1 unspecified atom stereocenters. The largest absolute Gasteiger partial charge is 0.478 e. The molecule has 1 aromatic rings. The summed E-state index contributed by atoms with van der Waals surface area (Å²) < 4.78 is 19.2. The molecule has 0 aliphatic rings. The zero-order valence-corrected chi connectivity index (χ0v) is 13.3. The molecule has 0 radical (unpaired) electrons. The van der Waals surface area contributed by atoms with E-state index in [0.717, 1.165) is 12.8 Å². The summed E-state index contributed by atoms with van der Waals surface area (Å²) in [5, 5.41) is 2.86. The van der Waals surface area contributed by atoms with E-state index in [1.807, 2.05) is 13.8 Å². The van der Waals surface area contributed by atoms with Gasteiger partial charge in [-0.25, -0.2) is 4.39 Å². The second-order valence-electron chi connectivity index (χ2n) is 4.79. The van der Waals surface area contributed by atoms with Gasteiger partial charge in [0, 0.05) is 11.6 Å². The minimum Gasteiger partial charge on any atom is -0.478 e. The number of thiocarbonyl (C=S) groups is 1. The van der Waals surface area contributed by atoms with Crippen molar-refractivity contribution in [2.24, 2.45) is 5.73 Å². The number of hydrogen-bond donors (Lipinski definition) is 2. The number of amides is 1. The maximum atomic E-state index is 13.9. The molecular weight excluding hydrogens is 291 g/mol. The SMILES string of the molecule is CCC(CC)NC(=O)C(C)Oc1ccc(C(N)=S)cc1F. The number of rotatable bonds is 7. The molecule has 0 bridgehead atoms. The van der Waals surface area contributed by atoms with Crippen LogP contribution < -0.4 is 15.8 Å². The van der Waals surface area contributed by atoms with Gasteiger partial charge in [-0.3, -0.25) is 4.79 Å². The highest BCUT2D eigenvalue weighted by molar-refractivity contribution is 7.80. The Labute approximate surface area is 129 Å². The van der Waals surface area contributed by atoms with Gasteiger partial charge < -0.3 is 15.8 Å². The van der Waals surface area contributed by atoms with Crippen LogP contribution in [0.3, 0.4) is 0 Å². The lowest BCUT2D eigenvalue weighted by molar-refractivity contribution is -0.128. The third-order valence-electron chi connectivity index (χ3n) is 3.22. The first kappa shape index (κ1) is 17.4. The summed E-state index contributed by atoms with van der Waals surface area (Å²) in [6.45, 7) is 5.57. The zero-order chi connectivity index (χ0) is 16.0. The monoisotopic (exact) mass is 312 g/mol. The molecular formula is C15H21FN2O2S. The van der Waals surface area contributed by atoms with Crippen molar-refractivity contribution < 1.29 is 13.9 Å². The van der Waals surface area contributed by atoms with Crippen LogP contribution in [0.15, 0.2) is 18.2 Å². The van der Waals surface area contributed by atoms with Gasteiger partial charge in [-0.15, -0.1) is 0 Å². The molecule has 1 atom stereocenters. The minimum absolute atomic E-state index is 0.00203.